The van der Waals surface area contributed by atoms with Crippen molar-refractivity contribution in [2.75, 3.05) is 11.9 Å². The second-order valence-corrected chi connectivity index (χ2v) is 7.86. The van der Waals surface area contributed by atoms with Gasteiger partial charge in [0.1, 0.15) is 6.61 Å². The van der Waals surface area contributed by atoms with Crippen molar-refractivity contribution in [3.63, 3.8) is 0 Å². The fraction of sp³-hybridized carbons (Fsp3) is 0.200. The van der Waals surface area contributed by atoms with Crippen molar-refractivity contribution in [2.45, 2.75) is 20.0 Å². The van der Waals surface area contributed by atoms with E-state index in [1.54, 1.807) is 0 Å². The predicted molar refractivity (Wildman–Crippen MR) is 109 cm³/mol. The molecule has 0 saturated carbocycles. The van der Waals surface area contributed by atoms with Crippen LogP contribution in [0.25, 0.3) is 0 Å². The molecular weight excluding hydrogens is 412 g/mol. The molecule has 0 bridgehead atoms. The molecule has 1 heterocycles. The minimum Gasteiger partial charge on any atom is -0.367 e. The maximum absolute atomic E-state index is 12.1. The van der Waals surface area contributed by atoms with Crippen molar-refractivity contribution in [3.8, 4) is 0 Å². The van der Waals surface area contributed by atoms with Gasteiger partial charge in [-0.25, -0.2) is 4.98 Å². The van der Waals surface area contributed by atoms with E-state index in [4.69, 9.17) is 4.74 Å². The van der Waals surface area contributed by atoms with Crippen LogP contribution in [-0.4, -0.2) is 17.5 Å². The average Bonchev–Trinajstić information content (AvgIpc) is 2.95. The summed E-state index contributed by atoms with van der Waals surface area (Å²) in [4.78, 5) is 17.6. The monoisotopic (exact) mass is 430 g/mol. The van der Waals surface area contributed by atoms with Gasteiger partial charge in [0.2, 0.25) is 0 Å². The average molecular weight is 431 g/mol. The Hall–Kier alpha value is -2.02. The first-order chi connectivity index (χ1) is 12.6. The lowest BCUT2D eigenvalue weighted by Gasteiger charge is -2.04. The van der Waals surface area contributed by atoms with Crippen LogP contribution < -0.4 is 5.32 Å². The number of hydrogen-bond donors (Lipinski definition) is 1. The molecule has 4 nitrogen and oxygen atoms in total. The number of anilines is 1. The number of aromatic nitrogens is 1. The highest BCUT2D eigenvalue weighted by atomic mass is 79.9. The van der Waals surface area contributed by atoms with E-state index in [0.717, 1.165) is 27.0 Å². The van der Waals surface area contributed by atoms with Crippen LogP contribution in [-0.2, 0) is 22.6 Å². The minimum absolute atomic E-state index is 0.00842. The molecule has 0 atom stereocenters. The van der Waals surface area contributed by atoms with Crippen molar-refractivity contribution >= 4 is 38.3 Å². The Morgan fingerprint density at radius 2 is 1.92 bits per heavy atom. The molecule has 0 aliphatic rings. The van der Waals surface area contributed by atoms with E-state index in [1.807, 2.05) is 49.4 Å². The summed E-state index contributed by atoms with van der Waals surface area (Å²) in [5.74, 6) is -0.191. The number of carbonyl (C=O) groups is 1. The van der Waals surface area contributed by atoms with Gasteiger partial charge in [-0.1, -0.05) is 58.4 Å². The number of hydrogen-bond acceptors (Lipinski definition) is 4. The van der Waals surface area contributed by atoms with Crippen molar-refractivity contribution in [1.29, 1.82) is 0 Å². The molecule has 0 saturated heterocycles. The molecule has 3 rings (SSSR count). The summed E-state index contributed by atoms with van der Waals surface area (Å²) in [6.07, 6.45) is 0.795. The number of benzene rings is 2. The Morgan fingerprint density at radius 3 is 2.69 bits per heavy atom. The van der Waals surface area contributed by atoms with Gasteiger partial charge in [0.05, 0.1) is 12.3 Å². The number of amides is 1. The molecule has 0 radical (unpaired) electrons. The summed E-state index contributed by atoms with van der Waals surface area (Å²) in [7, 11) is 0. The van der Waals surface area contributed by atoms with Gasteiger partial charge >= 0.3 is 0 Å². The third-order valence-electron chi connectivity index (χ3n) is 3.74. The van der Waals surface area contributed by atoms with Gasteiger partial charge in [-0.15, -0.1) is 11.3 Å². The Kier molecular flexibility index (Phi) is 6.55. The zero-order valence-electron chi connectivity index (χ0n) is 14.4. The molecule has 0 unspecified atom stereocenters. The summed E-state index contributed by atoms with van der Waals surface area (Å²) in [5.41, 5.74) is 3.19. The Labute approximate surface area is 165 Å². The number of ether oxygens (including phenoxy) is 1. The van der Waals surface area contributed by atoms with E-state index in [-0.39, 0.29) is 12.5 Å². The number of nitrogens with one attached hydrogen (secondary N) is 1. The Balaban J connectivity index is 1.52. The molecule has 0 fully saturated rings. The molecule has 134 valence electrons. The van der Waals surface area contributed by atoms with Crippen LogP contribution in [0.5, 0.6) is 0 Å². The van der Waals surface area contributed by atoms with Crippen LogP contribution in [0.3, 0.4) is 0 Å². The molecule has 0 aliphatic carbocycles. The second-order valence-electron chi connectivity index (χ2n) is 5.86. The maximum Gasteiger partial charge on any atom is 0.252 e. The molecule has 2 aromatic carbocycles. The molecule has 0 aliphatic heterocycles. The van der Waals surface area contributed by atoms with Crippen LogP contribution in [0.4, 0.5) is 5.13 Å². The van der Waals surface area contributed by atoms with Crippen molar-refractivity contribution in [2.24, 2.45) is 0 Å². The first-order valence-electron chi connectivity index (χ1n) is 8.22. The van der Waals surface area contributed by atoms with Crippen LogP contribution in [0.1, 0.15) is 21.7 Å². The summed E-state index contributed by atoms with van der Waals surface area (Å²) in [6, 6.07) is 18.0. The van der Waals surface area contributed by atoms with E-state index in [2.05, 4.69) is 38.4 Å². The minimum atomic E-state index is -0.191. The van der Waals surface area contributed by atoms with E-state index in [0.29, 0.717) is 11.7 Å². The van der Waals surface area contributed by atoms with E-state index < -0.39 is 0 Å². The molecule has 1 amide bonds. The van der Waals surface area contributed by atoms with Crippen molar-refractivity contribution in [3.05, 3.63) is 80.8 Å². The zero-order chi connectivity index (χ0) is 18.4. The SMILES string of the molecule is Cc1nc(NC(=O)COCc2ccccc2)sc1Cc1cccc(Br)c1. The summed E-state index contributed by atoms with van der Waals surface area (Å²) < 4.78 is 6.52. The largest absolute Gasteiger partial charge is 0.367 e. The zero-order valence-corrected chi connectivity index (χ0v) is 16.8. The fourth-order valence-electron chi connectivity index (χ4n) is 2.47. The van der Waals surface area contributed by atoms with Gasteiger partial charge in [0, 0.05) is 15.8 Å². The van der Waals surface area contributed by atoms with E-state index in [1.165, 1.54) is 16.9 Å². The van der Waals surface area contributed by atoms with Gasteiger partial charge in [0.15, 0.2) is 5.13 Å². The smallest absolute Gasteiger partial charge is 0.252 e. The lowest BCUT2D eigenvalue weighted by atomic mass is 10.1. The number of nitrogens with zero attached hydrogens (tertiary/aromatic N) is 1. The van der Waals surface area contributed by atoms with Gasteiger partial charge in [-0.3, -0.25) is 10.1 Å². The number of carbonyl (C=O) groups excluding carboxylic acids is 1. The predicted octanol–water partition coefficient (Wildman–Crippen LogP) is 4.96. The quantitative estimate of drug-likeness (QED) is 0.575. The second kappa shape index (κ2) is 9.07. The van der Waals surface area contributed by atoms with Crippen LogP contribution in [0.2, 0.25) is 0 Å². The van der Waals surface area contributed by atoms with Crippen LogP contribution in [0, 0.1) is 6.92 Å². The molecule has 0 spiro atoms. The third-order valence-corrected chi connectivity index (χ3v) is 5.30. The third kappa shape index (κ3) is 5.49. The van der Waals surface area contributed by atoms with Crippen LogP contribution >= 0.6 is 27.3 Å². The van der Waals surface area contributed by atoms with Crippen LogP contribution in [0.15, 0.2) is 59.1 Å². The van der Waals surface area contributed by atoms with Crippen molar-refractivity contribution < 1.29 is 9.53 Å². The first-order valence-corrected chi connectivity index (χ1v) is 9.83. The van der Waals surface area contributed by atoms with E-state index >= 15 is 0 Å². The highest BCUT2D eigenvalue weighted by Crippen LogP contribution is 2.26. The summed E-state index contributed by atoms with van der Waals surface area (Å²) in [5, 5.41) is 3.43. The summed E-state index contributed by atoms with van der Waals surface area (Å²) >= 11 is 4.99. The lowest BCUT2D eigenvalue weighted by Crippen LogP contribution is -2.18. The van der Waals surface area contributed by atoms with Gasteiger partial charge in [-0.2, -0.15) is 0 Å². The van der Waals surface area contributed by atoms with Gasteiger partial charge in [0.25, 0.3) is 5.91 Å². The number of thiazole rings is 1. The molecule has 3 aromatic rings. The topological polar surface area (TPSA) is 51.2 Å². The highest BCUT2D eigenvalue weighted by molar-refractivity contribution is 9.10. The number of aryl methyl sites for hydroxylation is 1. The standard InChI is InChI=1S/C20H19BrN2O2S/c1-14-18(11-16-8-5-9-17(21)10-16)26-20(22-14)23-19(24)13-25-12-15-6-3-2-4-7-15/h2-10H,11-13H2,1H3,(H,22,23,24). The van der Waals surface area contributed by atoms with Gasteiger partial charge < -0.3 is 4.74 Å². The van der Waals surface area contributed by atoms with Gasteiger partial charge in [-0.05, 0) is 30.2 Å². The summed E-state index contributed by atoms with van der Waals surface area (Å²) in [6.45, 7) is 2.39. The lowest BCUT2D eigenvalue weighted by molar-refractivity contribution is -0.121. The first kappa shape index (κ1) is 18.8. The molecule has 1 aromatic heterocycles. The number of halogens is 1. The normalized spacial score (nSPS) is 10.7. The van der Waals surface area contributed by atoms with E-state index in [9.17, 15) is 4.79 Å². The number of rotatable bonds is 7. The molecular formula is C20H19BrN2O2S. The highest BCUT2D eigenvalue weighted by Gasteiger charge is 2.11. The van der Waals surface area contributed by atoms with Crippen molar-refractivity contribution in [1.82, 2.24) is 4.98 Å². The Morgan fingerprint density at radius 1 is 1.15 bits per heavy atom. The molecule has 26 heavy (non-hydrogen) atoms. The fourth-order valence-corrected chi connectivity index (χ4v) is 3.93. The Bertz CT molecular complexity index is 881. The molecule has 6 heteroatoms. The molecule has 1 N–H and O–H groups in total. The maximum atomic E-state index is 12.1.